The first kappa shape index (κ1) is 10.5. The molecule has 1 saturated carbocycles. The van der Waals surface area contributed by atoms with E-state index in [4.69, 9.17) is 11.6 Å². The largest absolute Gasteiger partial charge is 0.287 e. The lowest BCUT2D eigenvalue weighted by Crippen LogP contribution is -2.43. The van der Waals surface area contributed by atoms with E-state index in [1.165, 1.54) is 0 Å². The zero-order valence-corrected chi connectivity index (χ0v) is 10.1. The highest BCUT2D eigenvalue weighted by Crippen LogP contribution is 2.71. The van der Waals surface area contributed by atoms with Gasteiger partial charge in [0.2, 0.25) is 5.24 Å². The Hall–Kier alpha value is -0.0200. The summed E-state index contributed by atoms with van der Waals surface area (Å²) in [6, 6.07) is 0. The Labute approximate surface area is 92.8 Å². The van der Waals surface area contributed by atoms with Gasteiger partial charge in [-0.15, -0.1) is 0 Å². The van der Waals surface area contributed by atoms with Gasteiger partial charge in [-0.25, -0.2) is 0 Å². The standard InChI is InChI=1S/C10H13ClO2S/c1-8(2)9(3)4-5-10(8,6(11)12)14-7(9)13/h4-5H2,1-3H3/t9-,10+/m0/s1. The van der Waals surface area contributed by atoms with Crippen LogP contribution in [0.25, 0.3) is 0 Å². The molecule has 1 saturated heterocycles. The summed E-state index contributed by atoms with van der Waals surface area (Å²) >= 11 is 6.82. The minimum Gasteiger partial charge on any atom is -0.287 e. The monoisotopic (exact) mass is 232 g/mol. The molecule has 2 nitrogen and oxygen atoms in total. The van der Waals surface area contributed by atoms with Crippen LogP contribution in [-0.2, 0) is 9.59 Å². The fourth-order valence-electron chi connectivity index (χ4n) is 2.69. The van der Waals surface area contributed by atoms with Crippen molar-refractivity contribution in [3.63, 3.8) is 0 Å². The molecule has 2 atom stereocenters. The van der Waals surface area contributed by atoms with Crippen molar-refractivity contribution in [2.45, 2.75) is 38.4 Å². The van der Waals surface area contributed by atoms with Gasteiger partial charge < -0.3 is 0 Å². The van der Waals surface area contributed by atoms with E-state index in [9.17, 15) is 9.59 Å². The molecule has 0 aromatic rings. The van der Waals surface area contributed by atoms with Gasteiger partial charge in [-0.3, -0.25) is 9.59 Å². The molecule has 0 spiro atoms. The van der Waals surface area contributed by atoms with Crippen LogP contribution in [0.3, 0.4) is 0 Å². The first-order valence-corrected chi connectivity index (χ1v) is 5.91. The third-order valence-electron chi connectivity index (χ3n) is 4.40. The SMILES string of the molecule is CC1(C)[C@@]2(C)CC[C@]1(C(=O)Cl)SC2=O. The molecule has 14 heavy (non-hydrogen) atoms. The van der Waals surface area contributed by atoms with E-state index in [2.05, 4.69) is 0 Å². The van der Waals surface area contributed by atoms with Crippen LogP contribution in [0.1, 0.15) is 33.6 Å². The zero-order valence-electron chi connectivity index (χ0n) is 8.52. The Kier molecular flexibility index (Phi) is 1.92. The Bertz CT molecular complexity index is 339. The summed E-state index contributed by atoms with van der Waals surface area (Å²) in [6.07, 6.45) is 1.51. The number of rotatable bonds is 1. The fourth-order valence-corrected chi connectivity index (χ4v) is 4.80. The molecule has 0 unspecified atom stereocenters. The minimum absolute atomic E-state index is 0.128. The lowest BCUT2D eigenvalue weighted by Gasteiger charge is -2.35. The van der Waals surface area contributed by atoms with Crippen LogP contribution < -0.4 is 0 Å². The third kappa shape index (κ3) is 0.820. The number of hydrogen-bond donors (Lipinski definition) is 0. The molecule has 2 aliphatic rings. The Morgan fingerprint density at radius 1 is 1.36 bits per heavy atom. The average molecular weight is 233 g/mol. The summed E-state index contributed by atoms with van der Waals surface area (Å²) in [5.74, 6) is 0. The molecule has 4 heteroatoms. The number of halogens is 1. The topological polar surface area (TPSA) is 34.1 Å². The van der Waals surface area contributed by atoms with Gasteiger partial charge in [-0.2, -0.15) is 0 Å². The predicted molar refractivity (Wildman–Crippen MR) is 57.3 cm³/mol. The van der Waals surface area contributed by atoms with E-state index < -0.39 is 4.75 Å². The first-order chi connectivity index (χ1) is 6.28. The molecule has 0 aromatic carbocycles. The molecule has 2 fully saturated rings. The van der Waals surface area contributed by atoms with Gasteiger partial charge in [0, 0.05) is 10.8 Å². The summed E-state index contributed by atoms with van der Waals surface area (Å²) in [5, 5.41) is -0.232. The van der Waals surface area contributed by atoms with Gasteiger partial charge in [0.1, 0.15) is 4.75 Å². The van der Waals surface area contributed by atoms with Crippen molar-refractivity contribution in [3.05, 3.63) is 0 Å². The van der Waals surface area contributed by atoms with E-state index >= 15 is 0 Å². The van der Waals surface area contributed by atoms with Crippen molar-refractivity contribution >= 4 is 33.7 Å². The zero-order chi connectivity index (χ0) is 10.8. The normalized spacial score (nSPS) is 44.4. The summed E-state index contributed by atoms with van der Waals surface area (Å²) in [7, 11) is 0. The van der Waals surface area contributed by atoms with Crippen LogP contribution in [0.5, 0.6) is 0 Å². The number of thioether (sulfide) groups is 1. The first-order valence-electron chi connectivity index (χ1n) is 4.71. The molecular weight excluding hydrogens is 220 g/mol. The van der Waals surface area contributed by atoms with Crippen molar-refractivity contribution in [2.24, 2.45) is 10.8 Å². The maximum Gasteiger partial charge on any atom is 0.238 e. The van der Waals surface area contributed by atoms with E-state index in [1.54, 1.807) is 0 Å². The van der Waals surface area contributed by atoms with Gasteiger partial charge in [0.25, 0.3) is 0 Å². The smallest absolute Gasteiger partial charge is 0.238 e. The van der Waals surface area contributed by atoms with Gasteiger partial charge in [0.05, 0.1) is 0 Å². The lowest BCUT2D eigenvalue weighted by molar-refractivity contribution is -0.122. The number of carbonyl (C=O) groups is 2. The Morgan fingerprint density at radius 3 is 2.14 bits per heavy atom. The highest BCUT2D eigenvalue weighted by Gasteiger charge is 2.73. The second kappa shape index (κ2) is 2.56. The number of carbonyl (C=O) groups excluding carboxylic acids is 2. The molecule has 0 aromatic heterocycles. The Morgan fingerprint density at radius 2 is 1.93 bits per heavy atom. The Balaban J connectivity index is 2.60. The molecular formula is C10H13ClO2S. The molecule has 1 aliphatic heterocycles. The minimum atomic E-state index is -0.666. The fraction of sp³-hybridized carbons (Fsp3) is 0.800. The third-order valence-corrected chi connectivity index (χ3v) is 6.72. The van der Waals surface area contributed by atoms with Crippen molar-refractivity contribution < 1.29 is 9.59 Å². The van der Waals surface area contributed by atoms with Gasteiger partial charge in [-0.05, 0) is 24.4 Å². The van der Waals surface area contributed by atoms with Crippen LogP contribution in [0, 0.1) is 10.8 Å². The van der Waals surface area contributed by atoms with Crippen molar-refractivity contribution in [2.75, 3.05) is 0 Å². The second-order valence-corrected chi connectivity index (χ2v) is 6.56. The number of hydrogen-bond acceptors (Lipinski definition) is 3. The number of fused-ring (bicyclic) bond motifs is 2. The molecule has 0 amide bonds. The van der Waals surface area contributed by atoms with E-state index in [0.717, 1.165) is 24.6 Å². The van der Waals surface area contributed by atoms with Gasteiger partial charge in [0.15, 0.2) is 5.12 Å². The van der Waals surface area contributed by atoms with Crippen molar-refractivity contribution in [1.82, 2.24) is 0 Å². The van der Waals surface area contributed by atoms with E-state index in [1.807, 2.05) is 20.8 Å². The van der Waals surface area contributed by atoms with Crippen LogP contribution in [0.2, 0.25) is 0 Å². The highest BCUT2D eigenvalue weighted by molar-refractivity contribution is 8.16. The molecule has 1 heterocycles. The van der Waals surface area contributed by atoms with Crippen molar-refractivity contribution in [1.29, 1.82) is 0 Å². The lowest BCUT2D eigenvalue weighted by atomic mass is 9.67. The molecule has 1 aliphatic carbocycles. The van der Waals surface area contributed by atoms with Crippen LogP contribution >= 0.6 is 23.4 Å². The predicted octanol–water partition coefficient (Wildman–Crippen LogP) is 2.59. The van der Waals surface area contributed by atoms with Crippen molar-refractivity contribution in [3.8, 4) is 0 Å². The summed E-state index contributed by atoms with van der Waals surface area (Å²) in [5.41, 5.74) is -0.692. The van der Waals surface area contributed by atoms with E-state index in [0.29, 0.717) is 0 Å². The maximum absolute atomic E-state index is 11.8. The molecule has 78 valence electrons. The summed E-state index contributed by atoms with van der Waals surface area (Å²) < 4.78 is -0.666. The quantitative estimate of drug-likeness (QED) is 0.652. The summed E-state index contributed by atoms with van der Waals surface area (Å²) in [6.45, 7) is 5.92. The van der Waals surface area contributed by atoms with E-state index in [-0.39, 0.29) is 21.2 Å². The molecule has 0 N–H and O–H groups in total. The maximum atomic E-state index is 11.8. The molecule has 2 rings (SSSR count). The molecule has 0 radical (unpaired) electrons. The average Bonchev–Trinajstić information content (AvgIpc) is 2.34. The highest BCUT2D eigenvalue weighted by atomic mass is 35.5. The second-order valence-electron chi connectivity index (χ2n) is 4.95. The van der Waals surface area contributed by atoms with Gasteiger partial charge in [-0.1, -0.05) is 32.5 Å². The van der Waals surface area contributed by atoms with Crippen LogP contribution in [0.4, 0.5) is 0 Å². The molecule has 2 bridgehead atoms. The van der Waals surface area contributed by atoms with Crippen LogP contribution in [-0.4, -0.2) is 15.1 Å². The van der Waals surface area contributed by atoms with Crippen LogP contribution in [0.15, 0.2) is 0 Å². The van der Waals surface area contributed by atoms with Gasteiger partial charge >= 0.3 is 0 Å². The summed E-state index contributed by atoms with van der Waals surface area (Å²) in [4.78, 5) is 23.4.